The van der Waals surface area contributed by atoms with Gasteiger partial charge >= 0.3 is 0 Å². The molecule has 1 aliphatic rings. The fourth-order valence-corrected chi connectivity index (χ4v) is 2.12. The van der Waals surface area contributed by atoms with Crippen molar-refractivity contribution in [3.05, 3.63) is 0 Å². The molecule has 2 heteroatoms. The molecular formula is C12H23NO. The second kappa shape index (κ2) is 5.50. The van der Waals surface area contributed by atoms with Crippen LogP contribution in [0.15, 0.2) is 0 Å². The SMILES string of the molecule is CCCCCCC(=O)C1(C)CCCN1. The van der Waals surface area contributed by atoms with Crippen LogP contribution < -0.4 is 5.32 Å². The lowest BCUT2D eigenvalue weighted by Gasteiger charge is -2.22. The number of hydrogen-bond donors (Lipinski definition) is 1. The van der Waals surface area contributed by atoms with Crippen LogP contribution in [0.4, 0.5) is 0 Å². The van der Waals surface area contributed by atoms with Crippen molar-refractivity contribution in [2.75, 3.05) is 6.54 Å². The standard InChI is InChI=1S/C12H23NO/c1-3-4-5-6-8-11(14)12(2)9-7-10-13-12/h13H,3-10H2,1-2H3. The molecule has 0 amide bonds. The molecule has 0 saturated carbocycles. The van der Waals surface area contributed by atoms with Gasteiger partial charge in [0, 0.05) is 6.42 Å². The molecule has 1 unspecified atom stereocenters. The minimum absolute atomic E-state index is 0.188. The maximum Gasteiger partial charge on any atom is 0.152 e. The predicted octanol–water partition coefficient (Wildman–Crippen LogP) is 2.67. The van der Waals surface area contributed by atoms with Gasteiger partial charge in [-0.25, -0.2) is 0 Å². The molecule has 0 bridgehead atoms. The van der Waals surface area contributed by atoms with Crippen molar-refractivity contribution in [1.29, 1.82) is 0 Å². The van der Waals surface area contributed by atoms with E-state index in [0.717, 1.165) is 32.2 Å². The molecule has 1 rings (SSSR count). The van der Waals surface area contributed by atoms with Crippen molar-refractivity contribution in [1.82, 2.24) is 5.32 Å². The third-order valence-corrected chi connectivity index (χ3v) is 3.24. The highest BCUT2D eigenvalue weighted by Crippen LogP contribution is 2.22. The van der Waals surface area contributed by atoms with Crippen molar-refractivity contribution in [2.24, 2.45) is 0 Å². The Morgan fingerprint density at radius 1 is 1.36 bits per heavy atom. The van der Waals surface area contributed by atoms with Gasteiger partial charge in [-0.3, -0.25) is 4.79 Å². The minimum Gasteiger partial charge on any atom is -0.305 e. The molecule has 14 heavy (non-hydrogen) atoms. The Morgan fingerprint density at radius 3 is 2.71 bits per heavy atom. The molecule has 0 aromatic rings. The van der Waals surface area contributed by atoms with Crippen LogP contribution in [0.2, 0.25) is 0 Å². The third-order valence-electron chi connectivity index (χ3n) is 3.24. The number of ketones is 1. The van der Waals surface area contributed by atoms with E-state index in [2.05, 4.69) is 19.2 Å². The number of unbranched alkanes of at least 4 members (excludes halogenated alkanes) is 3. The van der Waals surface area contributed by atoms with Crippen LogP contribution in [-0.2, 0) is 4.79 Å². The summed E-state index contributed by atoms with van der Waals surface area (Å²) in [6.45, 7) is 5.26. The minimum atomic E-state index is -0.188. The van der Waals surface area contributed by atoms with Gasteiger partial charge in [-0.1, -0.05) is 26.2 Å². The molecule has 1 fully saturated rings. The van der Waals surface area contributed by atoms with Gasteiger partial charge < -0.3 is 5.32 Å². The average molecular weight is 197 g/mol. The lowest BCUT2D eigenvalue weighted by Crippen LogP contribution is -2.44. The van der Waals surface area contributed by atoms with Gasteiger partial charge in [0.2, 0.25) is 0 Å². The Hall–Kier alpha value is -0.370. The van der Waals surface area contributed by atoms with Crippen molar-refractivity contribution in [3.63, 3.8) is 0 Å². The highest BCUT2D eigenvalue weighted by molar-refractivity contribution is 5.88. The number of carbonyl (C=O) groups excluding carboxylic acids is 1. The lowest BCUT2D eigenvalue weighted by molar-refractivity contribution is -0.124. The van der Waals surface area contributed by atoms with Gasteiger partial charge in [0.1, 0.15) is 0 Å². The first kappa shape index (κ1) is 11.7. The van der Waals surface area contributed by atoms with E-state index >= 15 is 0 Å². The number of nitrogens with one attached hydrogen (secondary N) is 1. The topological polar surface area (TPSA) is 29.1 Å². The van der Waals surface area contributed by atoms with Gasteiger partial charge in [-0.15, -0.1) is 0 Å². The summed E-state index contributed by atoms with van der Waals surface area (Å²) in [5.41, 5.74) is -0.188. The summed E-state index contributed by atoms with van der Waals surface area (Å²) >= 11 is 0. The summed E-state index contributed by atoms with van der Waals surface area (Å²) in [7, 11) is 0. The zero-order valence-electron chi connectivity index (χ0n) is 9.57. The number of carbonyl (C=O) groups is 1. The van der Waals surface area contributed by atoms with E-state index in [-0.39, 0.29) is 5.54 Å². The molecule has 1 aliphatic heterocycles. The van der Waals surface area contributed by atoms with Crippen LogP contribution in [0.5, 0.6) is 0 Å². The molecule has 2 nitrogen and oxygen atoms in total. The maximum absolute atomic E-state index is 11.9. The van der Waals surface area contributed by atoms with Crippen LogP contribution in [0.25, 0.3) is 0 Å². The van der Waals surface area contributed by atoms with Gasteiger partial charge in [-0.05, 0) is 32.7 Å². The number of rotatable bonds is 6. The molecule has 82 valence electrons. The second-order valence-electron chi connectivity index (χ2n) is 4.60. The number of Topliss-reactive ketones (excluding diaryl/α,β-unsaturated/α-hetero) is 1. The van der Waals surface area contributed by atoms with E-state index in [0.29, 0.717) is 5.78 Å². The highest BCUT2D eigenvalue weighted by Gasteiger charge is 2.34. The predicted molar refractivity (Wildman–Crippen MR) is 59.4 cm³/mol. The molecule has 0 spiro atoms. The van der Waals surface area contributed by atoms with E-state index in [1.807, 2.05) is 0 Å². The number of hydrogen-bond acceptors (Lipinski definition) is 2. The quantitative estimate of drug-likeness (QED) is 0.663. The normalized spacial score (nSPS) is 26.7. The summed E-state index contributed by atoms with van der Waals surface area (Å²) in [6, 6.07) is 0. The Bertz CT molecular complexity index is 183. The summed E-state index contributed by atoms with van der Waals surface area (Å²) < 4.78 is 0. The lowest BCUT2D eigenvalue weighted by atomic mass is 9.91. The summed E-state index contributed by atoms with van der Waals surface area (Å²) in [6.07, 6.45) is 7.73. The van der Waals surface area contributed by atoms with Crippen LogP contribution in [0, 0.1) is 0 Å². The second-order valence-corrected chi connectivity index (χ2v) is 4.60. The molecule has 0 aromatic carbocycles. The van der Waals surface area contributed by atoms with Crippen molar-refractivity contribution >= 4 is 5.78 Å². The van der Waals surface area contributed by atoms with E-state index < -0.39 is 0 Å². The molecule has 1 atom stereocenters. The first-order valence-corrected chi connectivity index (χ1v) is 5.97. The Labute approximate surface area is 87.5 Å². The van der Waals surface area contributed by atoms with Crippen LogP contribution in [0.3, 0.4) is 0 Å². The van der Waals surface area contributed by atoms with Gasteiger partial charge in [0.25, 0.3) is 0 Å². The molecule has 1 heterocycles. The summed E-state index contributed by atoms with van der Waals surface area (Å²) in [5, 5.41) is 3.32. The molecule has 0 aromatic heterocycles. The molecule has 0 aliphatic carbocycles. The van der Waals surface area contributed by atoms with E-state index in [9.17, 15) is 4.79 Å². The fourth-order valence-electron chi connectivity index (χ4n) is 2.12. The molecule has 1 N–H and O–H groups in total. The van der Waals surface area contributed by atoms with Crippen molar-refractivity contribution in [3.8, 4) is 0 Å². The summed E-state index contributed by atoms with van der Waals surface area (Å²) in [5.74, 6) is 0.422. The first-order chi connectivity index (χ1) is 6.69. The van der Waals surface area contributed by atoms with Crippen LogP contribution >= 0.6 is 0 Å². The van der Waals surface area contributed by atoms with Crippen LogP contribution in [-0.4, -0.2) is 17.9 Å². The molecule has 1 saturated heterocycles. The Morgan fingerprint density at radius 2 is 2.14 bits per heavy atom. The van der Waals surface area contributed by atoms with Gasteiger partial charge in [0.15, 0.2) is 5.78 Å². The van der Waals surface area contributed by atoms with E-state index in [1.165, 1.54) is 19.3 Å². The van der Waals surface area contributed by atoms with Crippen molar-refractivity contribution in [2.45, 2.75) is 64.3 Å². The molecule has 0 radical (unpaired) electrons. The summed E-state index contributed by atoms with van der Waals surface area (Å²) in [4.78, 5) is 11.9. The third kappa shape index (κ3) is 3.09. The highest BCUT2D eigenvalue weighted by atomic mass is 16.1. The maximum atomic E-state index is 11.9. The van der Waals surface area contributed by atoms with E-state index in [1.54, 1.807) is 0 Å². The van der Waals surface area contributed by atoms with Crippen molar-refractivity contribution < 1.29 is 4.79 Å². The average Bonchev–Trinajstić information content (AvgIpc) is 2.61. The Kier molecular flexibility index (Phi) is 4.59. The zero-order chi connectivity index (χ0) is 10.4. The zero-order valence-corrected chi connectivity index (χ0v) is 9.57. The monoisotopic (exact) mass is 197 g/mol. The van der Waals surface area contributed by atoms with Crippen LogP contribution in [0.1, 0.15) is 58.8 Å². The first-order valence-electron chi connectivity index (χ1n) is 5.97. The molecular weight excluding hydrogens is 174 g/mol. The Balaban J connectivity index is 2.20. The van der Waals surface area contributed by atoms with Gasteiger partial charge in [-0.2, -0.15) is 0 Å². The fraction of sp³-hybridized carbons (Fsp3) is 0.917. The van der Waals surface area contributed by atoms with E-state index in [4.69, 9.17) is 0 Å². The van der Waals surface area contributed by atoms with Gasteiger partial charge in [0.05, 0.1) is 5.54 Å². The smallest absolute Gasteiger partial charge is 0.152 e. The largest absolute Gasteiger partial charge is 0.305 e.